The Morgan fingerprint density at radius 3 is 2.75 bits per heavy atom. The summed E-state index contributed by atoms with van der Waals surface area (Å²) in [4.78, 5) is 4.67. The molecule has 0 aliphatic heterocycles. The van der Waals surface area contributed by atoms with Crippen molar-refractivity contribution in [2.45, 2.75) is 58.3 Å². The molecule has 1 heterocycles. The fourth-order valence-electron chi connectivity index (χ4n) is 4.24. The Morgan fingerprint density at radius 1 is 1.30 bits per heavy atom. The molecule has 0 radical (unpaired) electrons. The third-order valence-electron chi connectivity index (χ3n) is 5.15. The number of rotatable bonds is 6. The number of nitrogens with zero attached hydrogens (tertiary/aromatic N) is 2. The maximum Gasteiger partial charge on any atom is 0.226 e. The van der Waals surface area contributed by atoms with Crippen molar-refractivity contribution >= 4 is 0 Å². The van der Waals surface area contributed by atoms with E-state index in [1.165, 1.54) is 25.7 Å². The van der Waals surface area contributed by atoms with Crippen LogP contribution in [0.5, 0.6) is 0 Å². The number of aromatic nitrogens is 2. The van der Waals surface area contributed by atoms with Gasteiger partial charge in [0.1, 0.15) is 0 Å². The highest BCUT2D eigenvalue weighted by Gasteiger charge is 2.42. The quantitative estimate of drug-likeness (QED) is 0.867. The Hall–Kier alpha value is -0.900. The third-order valence-corrected chi connectivity index (χ3v) is 5.15. The van der Waals surface area contributed by atoms with Gasteiger partial charge in [0.05, 0.1) is 0 Å². The summed E-state index contributed by atoms with van der Waals surface area (Å²) < 4.78 is 5.48. The molecule has 2 N–H and O–H groups in total. The number of nitrogens with two attached hydrogens (primary N) is 1. The van der Waals surface area contributed by atoms with E-state index in [1.807, 2.05) is 0 Å². The lowest BCUT2D eigenvalue weighted by Gasteiger charge is -2.17. The first kappa shape index (κ1) is 14.1. The fourth-order valence-corrected chi connectivity index (χ4v) is 4.24. The van der Waals surface area contributed by atoms with Crippen LogP contribution in [-0.4, -0.2) is 16.7 Å². The standard InChI is InChI=1S/C16H27N3O/c1-10(2)5-12(9-17)8-15-18-16(19-20-15)14-7-11-3-4-13(14)6-11/h10-14H,3-9,17H2,1-2H3/t11?,12-,13?,14?/m0/s1. The first-order valence-corrected chi connectivity index (χ1v) is 8.18. The summed E-state index contributed by atoms with van der Waals surface area (Å²) in [5, 5.41) is 4.26. The van der Waals surface area contributed by atoms with Gasteiger partial charge >= 0.3 is 0 Å². The van der Waals surface area contributed by atoms with Crippen LogP contribution in [0.1, 0.15) is 63.6 Å². The second-order valence-electron chi connectivity index (χ2n) is 7.26. The lowest BCUT2D eigenvalue weighted by molar-refractivity contribution is 0.323. The van der Waals surface area contributed by atoms with Crippen molar-refractivity contribution in [1.29, 1.82) is 0 Å². The Labute approximate surface area is 121 Å². The van der Waals surface area contributed by atoms with E-state index in [4.69, 9.17) is 10.3 Å². The molecule has 0 aromatic carbocycles. The predicted octanol–water partition coefficient (Wildman–Crippen LogP) is 3.14. The summed E-state index contributed by atoms with van der Waals surface area (Å²) in [6.45, 7) is 5.17. The fraction of sp³-hybridized carbons (Fsp3) is 0.875. The second kappa shape index (κ2) is 5.84. The van der Waals surface area contributed by atoms with Gasteiger partial charge in [-0.15, -0.1) is 0 Å². The molecule has 2 aliphatic carbocycles. The van der Waals surface area contributed by atoms with E-state index in [-0.39, 0.29) is 0 Å². The van der Waals surface area contributed by atoms with Crippen LogP contribution in [0, 0.1) is 23.7 Å². The molecule has 4 nitrogen and oxygen atoms in total. The van der Waals surface area contributed by atoms with Crippen molar-refractivity contribution in [2.75, 3.05) is 6.54 Å². The van der Waals surface area contributed by atoms with Gasteiger partial charge < -0.3 is 10.3 Å². The molecule has 112 valence electrons. The van der Waals surface area contributed by atoms with Crippen LogP contribution in [0.25, 0.3) is 0 Å². The molecule has 20 heavy (non-hydrogen) atoms. The molecule has 2 saturated carbocycles. The van der Waals surface area contributed by atoms with E-state index in [1.54, 1.807) is 0 Å². The van der Waals surface area contributed by atoms with Crippen LogP contribution in [0.2, 0.25) is 0 Å². The van der Waals surface area contributed by atoms with E-state index >= 15 is 0 Å². The lowest BCUT2D eigenvalue weighted by Crippen LogP contribution is -2.19. The van der Waals surface area contributed by atoms with Gasteiger partial charge in [0.15, 0.2) is 5.82 Å². The van der Waals surface area contributed by atoms with Gasteiger partial charge in [-0.05, 0) is 55.9 Å². The van der Waals surface area contributed by atoms with Crippen molar-refractivity contribution in [3.05, 3.63) is 11.7 Å². The van der Waals surface area contributed by atoms with Gasteiger partial charge in [-0.1, -0.05) is 25.4 Å². The molecule has 1 aromatic rings. The lowest BCUT2D eigenvalue weighted by atomic mass is 9.88. The molecular weight excluding hydrogens is 250 g/mol. The largest absolute Gasteiger partial charge is 0.339 e. The summed E-state index contributed by atoms with van der Waals surface area (Å²) in [6.07, 6.45) is 7.39. The highest BCUT2D eigenvalue weighted by atomic mass is 16.5. The van der Waals surface area contributed by atoms with E-state index in [0.717, 1.165) is 36.4 Å². The SMILES string of the molecule is CC(C)C[C@H](CN)Cc1nc(C2CC3CCC2C3)no1. The Morgan fingerprint density at radius 2 is 2.15 bits per heavy atom. The van der Waals surface area contributed by atoms with E-state index in [9.17, 15) is 0 Å². The zero-order chi connectivity index (χ0) is 14.1. The van der Waals surface area contributed by atoms with Gasteiger partial charge in [0.2, 0.25) is 5.89 Å². The highest BCUT2D eigenvalue weighted by molar-refractivity contribution is 5.06. The van der Waals surface area contributed by atoms with Gasteiger partial charge in [0.25, 0.3) is 0 Å². The van der Waals surface area contributed by atoms with Gasteiger partial charge in [-0.2, -0.15) is 4.98 Å². The smallest absolute Gasteiger partial charge is 0.226 e. The van der Waals surface area contributed by atoms with Gasteiger partial charge in [-0.25, -0.2) is 0 Å². The molecule has 3 rings (SSSR count). The Bertz CT molecular complexity index is 443. The van der Waals surface area contributed by atoms with Crippen LogP contribution in [0.3, 0.4) is 0 Å². The highest BCUT2D eigenvalue weighted by Crippen LogP contribution is 2.52. The maximum absolute atomic E-state index is 5.86. The monoisotopic (exact) mass is 277 g/mol. The topological polar surface area (TPSA) is 64.9 Å². The van der Waals surface area contributed by atoms with Crippen molar-refractivity contribution in [1.82, 2.24) is 10.1 Å². The van der Waals surface area contributed by atoms with Gasteiger partial charge in [-0.3, -0.25) is 0 Å². The molecule has 4 atom stereocenters. The number of hydrogen-bond donors (Lipinski definition) is 1. The zero-order valence-electron chi connectivity index (χ0n) is 12.7. The first-order chi connectivity index (χ1) is 9.65. The summed E-state index contributed by atoms with van der Waals surface area (Å²) in [5.74, 6) is 5.18. The van der Waals surface area contributed by atoms with Crippen molar-refractivity contribution in [3.8, 4) is 0 Å². The molecule has 0 amide bonds. The van der Waals surface area contributed by atoms with Crippen LogP contribution < -0.4 is 5.73 Å². The van der Waals surface area contributed by atoms with Crippen LogP contribution in [0.4, 0.5) is 0 Å². The van der Waals surface area contributed by atoms with Crippen molar-refractivity contribution < 1.29 is 4.52 Å². The molecule has 2 bridgehead atoms. The van der Waals surface area contributed by atoms with E-state index < -0.39 is 0 Å². The molecule has 2 fully saturated rings. The Balaban J connectivity index is 1.62. The zero-order valence-corrected chi connectivity index (χ0v) is 12.7. The van der Waals surface area contributed by atoms with Crippen LogP contribution >= 0.6 is 0 Å². The average molecular weight is 277 g/mol. The van der Waals surface area contributed by atoms with Crippen molar-refractivity contribution in [3.63, 3.8) is 0 Å². The molecule has 2 aliphatic rings. The maximum atomic E-state index is 5.86. The average Bonchev–Trinajstić information content (AvgIpc) is 3.12. The van der Waals surface area contributed by atoms with Crippen molar-refractivity contribution in [2.24, 2.45) is 29.4 Å². The number of hydrogen-bond acceptors (Lipinski definition) is 4. The minimum absolute atomic E-state index is 0.461. The second-order valence-corrected chi connectivity index (χ2v) is 7.26. The van der Waals surface area contributed by atoms with Crippen LogP contribution in [-0.2, 0) is 6.42 Å². The summed E-state index contributed by atoms with van der Waals surface area (Å²) >= 11 is 0. The number of fused-ring (bicyclic) bond motifs is 2. The minimum atomic E-state index is 0.461. The Kier molecular flexibility index (Phi) is 4.11. The third kappa shape index (κ3) is 2.90. The van der Waals surface area contributed by atoms with E-state index in [0.29, 0.717) is 24.3 Å². The summed E-state index contributed by atoms with van der Waals surface area (Å²) in [6, 6.07) is 0. The molecular formula is C16H27N3O. The summed E-state index contributed by atoms with van der Waals surface area (Å²) in [7, 11) is 0. The van der Waals surface area contributed by atoms with Crippen LogP contribution in [0.15, 0.2) is 4.52 Å². The molecule has 3 unspecified atom stereocenters. The minimum Gasteiger partial charge on any atom is -0.339 e. The molecule has 4 heteroatoms. The molecule has 1 aromatic heterocycles. The predicted molar refractivity (Wildman–Crippen MR) is 78.2 cm³/mol. The van der Waals surface area contributed by atoms with Gasteiger partial charge in [0, 0.05) is 12.3 Å². The van der Waals surface area contributed by atoms with E-state index in [2.05, 4.69) is 24.0 Å². The molecule has 0 spiro atoms. The summed E-state index contributed by atoms with van der Waals surface area (Å²) in [5.41, 5.74) is 5.86. The molecule has 0 saturated heterocycles. The normalized spacial score (nSPS) is 30.3. The first-order valence-electron chi connectivity index (χ1n) is 8.18.